The van der Waals surface area contributed by atoms with E-state index in [1.165, 1.54) is 4.68 Å². The molecule has 3 aromatic rings. The monoisotopic (exact) mass is 539 g/mol. The Morgan fingerprint density at radius 1 is 1.28 bits per heavy atom. The fraction of sp³-hybridized carbons (Fsp3) is 0.286. The smallest absolute Gasteiger partial charge is 0.282 e. The molecule has 1 aromatic heterocycles. The van der Waals surface area contributed by atoms with E-state index in [-0.39, 0.29) is 11.7 Å². The van der Waals surface area contributed by atoms with Gasteiger partial charge in [-0.05, 0) is 59.6 Å². The molecule has 152 valence electrons. The van der Waals surface area contributed by atoms with Crippen LogP contribution in [0, 0.1) is 0 Å². The Morgan fingerprint density at radius 3 is 2.72 bits per heavy atom. The fourth-order valence-electron chi connectivity index (χ4n) is 2.75. The molecule has 5 nitrogen and oxygen atoms in total. The largest absolute Gasteiger partial charge is 0.489 e. The zero-order chi connectivity index (χ0) is 21.1. The van der Waals surface area contributed by atoms with Gasteiger partial charge in [-0.15, -0.1) is 0 Å². The van der Waals surface area contributed by atoms with Gasteiger partial charge in [-0.1, -0.05) is 41.4 Å². The van der Waals surface area contributed by atoms with Crippen LogP contribution in [-0.4, -0.2) is 22.0 Å². The van der Waals surface area contributed by atoms with Crippen LogP contribution in [0.15, 0.2) is 49.2 Å². The molecular formula is C21H20Br2ClN3O2. The second-order valence-electron chi connectivity index (χ2n) is 6.55. The maximum Gasteiger partial charge on any atom is 0.282 e. The first-order valence-corrected chi connectivity index (χ1v) is 11.2. The van der Waals surface area contributed by atoms with Crippen LogP contribution >= 0.6 is 43.5 Å². The maximum absolute atomic E-state index is 13.0. The van der Waals surface area contributed by atoms with Crippen LogP contribution in [0.3, 0.4) is 0 Å². The summed E-state index contributed by atoms with van der Waals surface area (Å²) in [4.78, 5) is 17.6. The van der Waals surface area contributed by atoms with Crippen molar-refractivity contribution >= 4 is 60.6 Å². The third-order valence-electron chi connectivity index (χ3n) is 4.43. The van der Waals surface area contributed by atoms with Gasteiger partial charge in [0.15, 0.2) is 0 Å². The SMILES string of the molecule is CCc1nc2ccc(Br)cc2c(=O)n1N=Cc1cc(Cl)cc(Br)c1O[C@@H](C)CC. The minimum Gasteiger partial charge on any atom is -0.489 e. The second kappa shape index (κ2) is 9.41. The van der Waals surface area contributed by atoms with Gasteiger partial charge < -0.3 is 4.74 Å². The number of aromatic nitrogens is 2. The van der Waals surface area contributed by atoms with E-state index in [0.717, 1.165) is 15.4 Å². The molecule has 0 bridgehead atoms. The predicted molar refractivity (Wildman–Crippen MR) is 126 cm³/mol. The van der Waals surface area contributed by atoms with Gasteiger partial charge in [0.05, 0.1) is 27.7 Å². The number of hydrogen-bond acceptors (Lipinski definition) is 4. The van der Waals surface area contributed by atoms with E-state index >= 15 is 0 Å². The number of rotatable bonds is 6. The number of benzene rings is 2. The van der Waals surface area contributed by atoms with Crippen LogP contribution in [0.1, 0.15) is 38.6 Å². The molecule has 3 rings (SSSR count). The molecule has 2 aromatic carbocycles. The molecule has 0 aliphatic carbocycles. The highest BCUT2D eigenvalue weighted by Crippen LogP contribution is 2.33. The molecule has 0 aliphatic heterocycles. The molecule has 0 unspecified atom stereocenters. The normalized spacial score (nSPS) is 12.6. The van der Waals surface area contributed by atoms with Gasteiger partial charge in [0.1, 0.15) is 11.6 Å². The van der Waals surface area contributed by atoms with Gasteiger partial charge in [-0.2, -0.15) is 9.78 Å². The van der Waals surface area contributed by atoms with E-state index in [4.69, 9.17) is 16.3 Å². The highest BCUT2D eigenvalue weighted by molar-refractivity contribution is 9.10. The van der Waals surface area contributed by atoms with E-state index in [1.807, 2.05) is 32.9 Å². The number of halogens is 3. The molecule has 0 radical (unpaired) electrons. The molecule has 0 saturated heterocycles. The summed E-state index contributed by atoms with van der Waals surface area (Å²) >= 11 is 13.1. The molecule has 0 spiro atoms. The highest BCUT2D eigenvalue weighted by Gasteiger charge is 2.13. The van der Waals surface area contributed by atoms with Crippen LogP contribution in [0.5, 0.6) is 5.75 Å². The predicted octanol–water partition coefficient (Wildman–Crippen LogP) is 6.20. The lowest BCUT2D eigenvalue weighted by atomic mass is 10.2. The Labute approximate surface area is 191 Å². The average Bonchev–Trinajstić information content (AvgIpc) is 2.69. The van der Waals surface area contributed by atoms with Crippen LogP contribution in [0.4, 0.5) is 0 Å². The zero-order valence-corrected chi connectivity index (χ0v) is 20.2. The molecule has 0 amide bonds. The van der Waals surface area contributed by atoms with Crippen molar-refractivity contribution in [2.24, 2.45) is 5.10 Å². The molecule has 0 N–H and O–H groups in total. The molecule has 1 atom stereocenters. The summed E-state index contributed by atoms with van der Waals surface area (Å²) in [6.45, 7) is 5.98. The summed E-state index contributed by atoms with van der Waals surface area (Å²) in [6, 6.07) is 8.97. The van der Waals surface area contributed by atoms with E-state index in [1.54, 1.807) is 24.4 Å². The summed E-state index contributed by atoms with van der Waals surface area (Å²) < 4.78 is 8.91. The Balaban J connectivity index is 2.14. The first-order valence-electron chi connectivity index (χ1n) is 9.25. The third-order valence-corrected chi connectivity index (χ3v) is 5.74. The van der Waals surface area contributed by atoms with Crippen molar-refractivity contribution in [1.29, 1.82) is 0 Å². The third kappa shape index (κ3) is 4.90. The quantitative estimate of drug-likeness (QED) is 0.350. The van der Waals surface area contributed by atoms with Gasteiger partial charge >= 0.3 is 0 Å². The minimum absolute atomic E-state index is 0.0215. The van der Waals surface area contributed by atoms with Gasteiger partial charge in [-0.3, -0.25) is 4.79 Å². The number of nitrogens with zero attached hydrogens (tertiary/aromatic N) is 3. The number of ether oxygens (including phenoxy) is 1. The average molecular weight is 542 g/mol. The highest BCUT2D eigenvalue weighted by atomic mass is 79.9. The molecular weight excluding hydrogens is 522 g/mol. The van der Waals surface area contributed by atoms with Crippen molar-refractivity contribution in [1.82, 2.24) is 9.66 Å². The van der Waals surface area contributed by atoms with Crippen LogP contribution < -0.4 is 10.3 Å². The Kier molecular flexibility index (Phi) is 7.14. The van der Waals surface area contributed by atoms with Gasteiger partial charge in [0.25, 0.3) is 5.56 Å². The van der Waals surface area contributed by atoms with Crippen molar-refractivity contribution in [2.45, 2.75) is 39.7 Å². The van der Waals surface area contributed by atoms with Crippen molar-refractivity contribution in [3.8, 4) is 5.75 Å². The molecule has 0 aliphatic rings. The Bertz CT molecular complexity index is 1140. The van der Waals surface area contributed by atoms with Crippen molar-refractivity contribution in [3.05, 3.63) is 66.0 Å². The van der Waals surface area contributed by atoms with Crippen LogP contribution in [0.25, 0.3) is 10.9 Å². The molecule has 1 heterocycles. The first kappa shape index (κ1) is 22.0. The summed E-state index contributed by atoms with van der Waals surface area (Å²) in [5, 5.41) is 5.48. The van der Waals surface area contributed by atoms with Gasteiger partial charge in [0.2, 0.25) is 0 Å². The number of hydrogen-bond donors (Lipinski definition) is 0. The minimum atomic E-state index is -0.227. The zero-order valence-electron chi connectivity index (χ0n) is 16.2. The summed E-state index contributed by atoms with van der Waals surface area (Å²) in [5.74, 6) is 1.21. The van der Waals surface area contributed by atoms with Gasteiger partial charge in [0, 0.05) is 21.5 Å². The van der Waals surface area contributed by atoms with Crippen molar-refractivity contribution in [2.75, 3.05) is 0 Å². The second-order valence-corrected chi connectivity index (χ2v) is 8.75. The van der Waals surface area contributed by atoms with E-state index in [2.05, 4.69) is 41.9 Å². The Hall–Kier alpha value is -1.70. The van der Waals surface area contributed by atoms with E-state index in [0.29, 0.717) is 39.5 Å². The first-order chi connectivity index (χ1) is 13.8. The lowest BCUT2D eigenvalue weighted by Gasteiger charge is -2.16. The standard InChI is InChI=1S/C21H20Br2ClN3O2/c1-4-12(3)29-20-13(8-15(24)10-17(20)23)11-25-27-19(5-2)26-18-7-6-14(22)9-16(18)21(27)28/h6-12H,4-5H2,1-3H3/t12-/m0/s1. The number of aryl methyl sites for hydroxylation is 1. The summed E-state index contributed by atoms with van der Waals surface area (Å²) in [5.41, 5.74) is 1.09. The summed E-state index contributed by atoms with van der Waals surface area (Å²) in [6.07, 6.45) is 3.02. The molecule has 0 saturated carbocycles. The topological polar surface area (TPSA) is 56.5 Å². The van der Waals surface area contributed by atoms with E-state index < -0.39 is 0 Å². The van der Waals surface area contributed by atoms with Crippen LogP contribution in [0.2, 0.25) is 5.02 Å². The lowest BCUT2D eigenvalue weighted by Crippen LogP contribution is -2.22. The number of fused-ring (bicyclic) bond motifs is 1. The van der Waals surface area contributed by atoms with Crippen molar-refractivity contribution < 1.29 is 4.74 Å². The maximum atomic E-state index is 13.0. The van der Waals surface area contributed by atoms with Crippen molar-refractivity contribution in [3.63, 3.8) is 0 Å². The Morgan fingerprint density at radius 2 is 2.03 bits per heavy atom. The molecule has 0 fully saturated rings. The molecule has 29 heavy (non-hydrogen) atoms. The summed E-state index contributed by atoms with van der Waals surface area (Å²) in [7, 11) is 0. The van der Waals surface area contributed by atoms with E-state index in [9.17, 15) is 4.79 Å². The van der Waals surface area contributed by atoms with Gasteiger partial charge in [-0.25, -0.2) is 4.98 Å². The lowest BCUT2D eigenvalue weighted by molar-refractivity contribution is 0.215. The fourth-order valence-corrected chi connectivity index (χ4v) is 4.04. The molecule has 8 heteroatoms. The van der Waals surface area contributed by atoms with Crippen LogP contribution in [-0.2, 0) is 6.42 Å².